The third kappa shape index (κ3) is 6.13. The third-order valence-electron chi connectivity index (χ3n) is 6.16. The predicted octanol–water partition coefficient (Wildman–Crippen LogP) is 4.95. The number of amides is 2. The number of benzene rings is 3. The number of aryl methyl sites for hydroxylation is 1. The molecule has 0 unspecified atom stereocenters. The first kappa shape index (κ1) is 25.4. The van der Waals surface area contributed by atoms with Crippen LogP contribution in [0.4, 0.5) is 5.69 Å². The van der Waals surface area contributed by atoms with E-state index in [0.717, 1.165) is 40.8 Å². The van der Waals surface area contributed by atoms with Crippen LogP contribution in [0.1, 0.15) is 35.3 Å². The van der Waals surface area contributed by atoms with Crippen molar-refractivity contribution >= 4 is 40.7 Å². The van der Waals surface area contributed by atoms with Gasteiger partial charge in [-0.3, -0.25) is 9.59 Å². The first-order chi connectivity index (χ1) is 18.0. The van der Waals surface area contributed by atoms with Crippen molar-refractivity contribution in [1.82, 2.24) is 15.3 Å². The Balaban J connectivity index is 1.57. The molecule has 0 saturated carbocycles. The van der Waals surface area contributed by atoms with Crippen LogP contribution < -0.4 is 15.6 Å². The summed E-state index contributed by atoms with van der Waals surface area (Å²) in [5, 5.41) is 7.95. The van der Waals surface area contributed by atoms with Gasteiger partial charge in [0, 0.05) is 54.1 Å². The molecule has 7 nitrogen and oxygen atoms in total. The highest BCUT2D eigenvalue weighted by Crippen LogP contribution is 2.19. The average Bonchev–Trinajstić information content (AvgIpc) is 3.25. The normalized spacial score (nSPS) is 11.6. The van der Waals surface area contributed by atoms with E-state index in [0.29, 0.717) is 5.56 Å². The summed E-state index contributed by atoms with van der Waals surface area (Å²) in [5.74, 6) is -0.895. The lowest BCUT2D eigenvalue weighted by atomic mass is 10.1. The summed E-state index contributed by atoms with van der Waals surface area (Å²) in [6.07, 6.45) is 5.21. The summed E-state index contributed by atoms with van der Waals surface area (Å²) >= 11 is 0. The molecule has 2 amide bonds. The monoisotopic (exact) mass is 493 g/mol. The van der Waals surface area contributed by atoms with E-state index in [4.69, 9.17) is 0 Å². The molecule has 0 atom stereocenters. The molecule has 1 heterocycles. The van der Waals surface area contributed by atoms with Gasteiger partial charge in [0.2, 0.25) is 0 Å². The minimum atomic E-state index is -0.520. The number of hydrogen-bond acceptors (Lipinski definition) is 4. The summed E-state index contributed by atoms with van der Waals surface area (Å²) in [6.45, 7) is 6.03. The molecule has 37 heavy (non-hydrogen) atoms. The highest BCUT2D eigenvalue weighted by Gasteiger charge is 2.15. The van der Waals surface area contributed by atoms with Gasteiger partial charge in [-0.05, 0) is 55.8 Å². The molecule has 2 N–H and O–H groups in total. The Labute approximate surface area is 217 Å². The topological polar surface area (TPSA) is 78.7 Å². The number of fused-ring (bicyclic) bond motifs is 1. The second kappa shape index (κ2) is 11.9. The minimum absolute atomic E-state index is 0.0968. The molecule has 4 rings (SSSR count). The minimum Gasteiger partial charge on any atom is -0.372 e. The molecular formula is C30H31N5O2. The van der Waals surface area contributed by atoms with Crippen molar-refractivity contribution in [2.45, 2.75) is 13.8 Å². The van der Waals surface area contributed by atoms with Crippen molar-refractivity contribution in [3.8, 4) is 0 Å². The fraction of sp³-hybridized carbons (Fsp3) is 0.167. The van der Waals surface area contributed by atoms with E-state index in [1.165, 1.54) is 0 Å². The second-order valence-electron chi connectivity index (χ2n) is 8.55. The van der Waals surface area contributed by atoms with Crippen LogP contribution in [0.15, 0.2) is 95.9 Å². The van der Waals surface area contributed by atoms with Crippen LogP contribution in [0.25, 0.3) is 17.0 Å². The number of rotatable bonds is 9. The summed E-state index contributed by atoms with van der Waals surface area (Å²) < 4.78 is 2.01. The molecule has 0 fully saturated rings. The standard InChI is InChI=1S/C30H31N5O2/c1-4-35(5-2)25-17-15-22(16-18-25)19-27(32-29(36)23-11-7-6-8-12-23)30(37)33-31-20-24-21-34(3)28-14-10-9-13-26(24)28/h6-21H,4-5H2,1-3H3,(H,32,36)(H,33,37). The van der Waals surface area contributed by atoms with Crippen LogP contribution in [-0.4, -0.2) is 35.7 Å². The number of aromatic nitrogens is 1. The van der Waals surface area contributed by atoms with E-state index < -0.39 is 5.91 Å². The number of para-hydroxylation sites is 1. The second-order valence-corrected chi connectivity index (χ2v) is 8.55. The van der Waals surface area contributed by atoms with Crippen molar-refractivity contribution in [3.63, 3.8) is 0 Å². The van der Waals surface area contributed by atoms with E-state index in [9.17, 15) is 9.59 Å². The van der Waals surface area contributed by atoms with Crippen LogP contribution in [0.5, 0.6) is 0 Å². The first-order valence-electron chi connectivity index (χ1n) is 12.3. The maximum Gasteiger partial charge on any atom is 0.287 e. The van der Waals surface area contributed by atoms with Gasteiger partial charge in [-0.2, -0.15) is 5.10 Å². The first-order valence-corrected chi connectivity index (χ1v) is 12.3. The van der Waals surface area contributed by atoms with Gasteiger partial charge in [-0.25, -0.2) is 5.43 Å². The molecule has 0 aliphatic rings. The summed E-state index contributed by atoms with van der Waals surface area (Å²) in [7, 11) is 1.96. The Morgan fingerprint density at radius 3 is 2.30 bits per heavy atom. The fourth-order valence-corrected chi connectivity index (χ4v) is 4.18. The smallest absolute Gasteiger partial charge is 0.287 e. The van der Waals surface area contributed by atoms with Gasteiger partial charge in [0.05, 0.1) is 6.21 Å². The fourth-order valence-electron chi connectivity index (χ4n) is 4.18. The lowest BCUT2D eigenvalue weighted by Gasteiger charge is -2.20. The summed E-state index contributed by atoms with van der Waals surface area (Å²) in [6, 6.07) is 24.6. The Bertz CT molecular complexity index is 1430. The van der Waals surface area contributed by atoms with Gasteiger partial charge in [0.1, 0.15) is 5.70 Å². The molecule has 0 aliphatic heterocycles. The number of hydrogen-bond donors (Lipinski definition) is 2. The molecule has 0 spiro atoms. The van der Waals surface area contributed by atoms with Gasteiger partial charge < -0.3 is 14.8 Å². The van der Waals surface area contributed by atoms with Gasteiger partial charge in [-0.15, -0.1) is 0 Å². The lowest BCUT2D eigenvalue weighted by Crippen LogP contribution is -2.32. The molecule has 3 aromatic carbocycles. The zero-order valence-corrected chi connectivity index (χ0v) is 21.3. The number of carbonyl (C=O) groups is 2. The quantitative estimate of drug-likeness (QED) is 0.197. The number of nitrogens with one attached hydrogen (secondary N) is 2. The molecular weight excluding hydrogens is 462 g/mol. The van der Waals surface area contributed by atoms with Crippen LogP contribution in [0.2, 0.25) is 0 Å². The summed E-state index contributed by atoms with van der Waals surface area (Å²) in [4.78, 5) is 28.2. The Morgan fingerprint density at radius 1 is 0.919 bits per heavy atom. The van der Waals surface area contributed by atoms with Crippen molar-refractivity contribution in [2.24, 2.45) is 12.1 Å². The van der Waals surface area contributed by atoms with E-state index in [1.54, 1.807) is 36.6 Å². The van der Waals surface area contributed by atoms with E-state index in [2.05, 4.69) is 34.6 Å². The Hall–Kier alpha value is -4.65. The number of anilines is 1. The average molecular weight is 494 g/mol. The van der Waals surface area contributed by atoms with Crippen LogP contribution in [0.3, 0.4) is 0 Å². The van der Waals surface area contributed by atoms with Crippen LogP contribution in [0, 0.1) is 0 Å². The van der Waals surface area contributed by atoms with E-state index in [-0.39, 0.29) is 11.6 Å². The van der Waals surface area contributed by atoms with E-state index in [1.807, 2.05) is 72.4 Å². The maximum atomic E-state index is 13.1. The van der Waals surface area contributed by atoms with Crippen molar-refractivity contribution in [2.75, 3.05) is 18.0 Å². The van der Waals surface area contributed by atoms with E-state index >= 15 is 0 Å². The molecule has 0 aliphatic carbocycles. The van der Waals surface area contributed by atoms with Crippen molar-refractivity contribution in [3.05, 3.63) is 107 Å². The van der Waals surface area contributed by atoms with Crippen molar-refractivity contribution in [1.29, 1.82) is 0 Å². The molecule has 188 valence electrons. The Morgan fingerprint density at radius 2 is 1.59 bits per heavy atom. The number of hydrazone groups is 1. The van der Waals surface area contributed by atoms with Gasteiger partial charge >= 0.3 is 0 Å². The molecule has 1 aromatic heterocycles. The highest BCUT2D eigenvalue weighted by molar-refractivity contribution is 6.06. The van der Waals surface area contributed by atoms with Crippen molar-refractivity contribution < 1.29 is 9.59 Å². The Kier molecular flexibility index (Phi) is 8.15. The van der Waals surface area contributed by atoms with Gasteiger partial charge in [0.25, 0.3) is 11.8 Å². The largest absolute Gasteiger partial charge is 0.372 e. The third-order valence-corrected chi connectivity index (χ3v) is 6.16. The predicted molar refractivity (Wildman–Crippen MR) is 151 cm³/mol. The van der Waals surface area contributed by atoms with Gasteiger partial charge in [-0.1, -0.05) is 48.5 Å². The molecule has 0 radical (unpaired) electrons. The summed E-state index contributed by atoms with van der Waals surface area (Å²) in [5.41, 5.74) is 6.94. The molecule has 0 bridgehead atoms. The molecule has 0 saturated heterocycles. The number of nitrogens with zero attached hydrogens (tertiary/aromatic N) is 3. The molecule has 4 aromatic rings. The molecule has 7 heteroatoms. The maximum absolute atomic E-state index is 13.1. The SMILES string of the molecule is CCN(CC)c1ccc(C=C(NC(=O)c2ccccc2)C(=O)NN=Cc2cn(C)c3ccccc23)cc1. The van der Waals surface area contributed by atoms with Crippen LogP contribution >= 0.6 is 0 Å². The highest BCUT2D eigenvalue weighted by atomic mass is 16.2. The van der Waals surface area contributed by atoms with Crippen LogP contribution in [-0.2, 0) is 11.8 Å². The number of carbonyl (C=O) groups excluding carboxylic acids is 2. The lowest BCUT2D eigenvalue weighted by molar-refractivity contribution is -0.117. The zero-order valence-electron chi connectivity index (χ0n) is 21.3. The van der Waals surface area contributed by atoms with Gasteiger partial charge in [0.15, 0.2) is 0 Å². The zero-order chi connectivity index (χ0) is 26.2.